The summed E-state index contributed by atoms with van der Waals surface area (Å²) < 4.78 is 7.76. The third-order valence-corrected chi connectivity index (χ3v) is 4.84. The van der Waals surface area contributed by atoms with Crippen LogP contribution >= 0.6 is 28.1 Å². The SMILES string of the molecule is COc1cc([N+](=O)[O-])ccc1NC(=S)Nc1nn(Cc2ccc(C)cc2)cc1Br. The van der Waals surface area contributed by atoms with Crippen molar-refractivity contribution in [1.29, 1.82) is 0 Å². The van der Waals surface area contributed by atoms with Crippen LogP contribution in [0.2, 0.25) is 0 Å². The predicted octanol–water partition coefficient (Wildman–Crippen LogP) is 4.73. The number of nitrogens with one attached hydrogen (secondary N) is 2. The van der Waals surface area contributed by atoms with Gasteiger partial charge in [-0.25, -0.2) is 0 Å². The smallest absolute Gasteiger partial charge is 0.273 e. The summed E-state index contributed by atoms with van der Waals surface area (Å²) in [6, 6.07) is 12.5. The van der Waals surface area contributed by atoms with E-state index >= 15 is 0 Å². The highest BCUT2D eigenvalue weighted by atomic mass is 79.9. The van der Waals surface area contributed by atoms with E-state index < -0.39 is 4.92 Å². The fourth-order valence-electron chi connectivity index (χ4n) is 2.60. The maximum absolute atomic E-state index is 10.9. The molecule has 0 amide bonds. The van der Waals surface area contributed by atoms with Crippen molar-refractivity contribution in [1.82, 2.24) is 9.78 Å². The Morgan fingerprint density at radius 2 is 2.00 bits per heavy atom. The molecule has 0 unspecified atom stereocenters. The first-order chi connectivity index (χ1) is 13.9. The highest BCUT2D eigenvalue weighted by molar-refractivity contribution is 9.10. The fraction of sp³-hybridized carbons (Fsp3) is 0.158. The zero-order valence-corrected chi connectivity index (χ0v) is 18.1. The maximum Gasteiger partial charge on any atom is 0.273 e. The van der Waals surface area contributed by atoms with Crippen LogP contribution in [0.15, 0.2) is 53.1 Å². The second-order valence-electron chi connectivity index (χ2n) is 6.23. The third-order valence-electron chi connectivity index (χ3n) is 4.06. The molecule has 2 N–H and O–H groups in total. The van der Waals surface area contributed by atoms with Crippen LogP contribution in [0.4, 0.5) is 17.2 Å². The van der Waals surface area contributed by atoms with Crippen LogP contribution in [-0.2, 0) is 6.54 Å². The molecule has 1 heterocycles. The molecule has 10 heteroatoms. The highest BCUT2D eigenvalue weighted by Gasteiger charge is 2.14. The average Bonchev–Trinajstić information content (AvgIpc) is 3.02. The average molecular weight is 476 g/mol. The van der Waals surface area contributed by atoms with Gasteiger partial charge in [0.15, 0.2) is 10.9 Å². The third kappa shape index (κ3) is 5.30. The minimum Gasteiger partial charge on any atom is -0.494 e. The first-order valence-corrected chi connectivity index (χ1v) is 9.75. The van der Waals surface area contributed by atoms with E-state index in [1.807, 2.05) is 13.1 Å². The minimum absolute atomic E-state index is 0.0659. The lowest BCUT2D eigenvalue weighted by Crippen LogP contribution is -2.20. The van der Waals surface area contributed by atoms with Crippen molar-refractivity contribution in [2.45, 2.75) is 13.5 Å². The molecule has 0 saturated heterocycles. The van der Waals surface area contributed by atoms with E-state index in [9.17, 15) is 10.1 Å². The van der Waals surface area contributed by atoms with Crippen molar-refractivity contribution in [2.75, 3.05) is 17.7 Å². The molecule has 0 spiro atoms. The summed E-state index contributed by atoms with van der Waals surface area (Å²) in [6.07, 6.45) is 1.86. The normalized spacial score (nSPS) is 10.4. The van der Waals surface area contributed by atoms with Crippen molar-refractivity contribution in [2.24, 2.45) is 0 Å². The van der Waals surface area contributed by atoms with Crippen LogP contribution in [0.25, 0.3) is 0 Å². The number of nitro groups is 1. The first kappa shape index (κ1) is 20.7. The Labute approximate surface area is 181 Å². The molecule has 2 aromatic carbocycles. The molecule has 3 aromatic rings. The van der Waals surface area contributed by atoms with Gasteiger partial charge in [0.25, 0.3) is 5.69 Å². The Bertz CT molecular complexity index is 1050. The second kappa shape index (κ2) is 9.01. The predicted molar refractivity (Wildman–Crippen MR) is 120 cm³/mol. The van der Waals surface area contributed by atoms with Crippen LogP contribution in [0.5, 0.6) is 5.75 Å². The van der Waals surface area contributed by atoms with E-state index in [1.54, 1.807) is 4.68 Å². The molecule has 0 aliphatic carbocycles. The molecule has 0 saturated carbocycles. The van der Waals surface area contributed by atoms with Crippen LogP contribution in [-0.4, -0.2) is 26.9 Å². The number of aryl methyl sites for hydroxylation is 1. The van der Waals surface area contributed by atoms with E-state index in [-0.39, 0.29) is 10.8 Å². The van der Waals surface area contributed by atoms with Crippen LogP contribution in [0, 0.1) is 17.0 Å². The molecule has 29 heavy (non-hydrogen) atoms. The van der Waals surface area contributed by atoms with Crippen molar-refractivity contribution >= 4 is 50.5 Å². The Hall–Kier alpha value is -2.98. The lowest BCUT2D eigenvalue weighted by molar-refractivity contribution is -0.384. The van der Waals surface area contributed by atoms with E-state index in [0.717, 1.165) is 10.0 Å². The Morgan fingerprint density at radius 1 is 1.28 bits per heavy atom. The van der Waals surface area contributed by atoms with Crippen molar-refractivity contribution in [3.05, 3.63) is 74.4 Å². The van der Waals surface area contributed by atoms with E-state index in [2.05, 4.69) is 55.9 Å². The lowest BCUT2D eigenvalue weighted by atomic mass is 10.1. The number of nitro benzene ring substituents is 1. The molecule has 0 radical (unpaired) electrons. The number of non-ortho nitro benzene ring substituents is 1. The maximum atomic E-state index is 10.9. The number of aromatic nitrogens is 2. The summed E-state index contributed by atoms with van der Waals surface area (Å²) in [5, 5.41) is 21.7. The monoisotopic (exact) mass is 475 g/mol. The van der Waals surface area contributed by atoms with Gasteiger partial charge in [-0.05, 0) is 46.7 Å². The van der Waals surface area contributed by atoms with Gasteiger partial charge < -0.3 is 15.4 Å². The summed E-state index contributed by atoms with van der Waals surface area (Å²) in [5.74, 6) is 0.864. The summed E-state index contributed by atoms with van der Waals surface area (Å²) >= 11 is 8.82. The molecular weight excluding hydrogens is 458 g/mol. The minimum atomic E-state index is -0.485. The molecule has 0 bridgehead atoms. The number of rotatable bonds is 6. The Morgan fingerprint density at radius 3 is 2.66 bits per heavy atom. The zero-order chi connectivity index (χ0) is 21.0. The number of methoxy groups -OCH3 is 1. The second-order valence-corrected chi connectivity index (χ2v) is 7.49. The number of ether oxygens (including phenoxy) is 1. The highest BCUT2D eigenvalue weighted by Crippen LogP contribution is 2.29. The van der Waals surface area contributed by atoms with Gasteiger partial charge >= 0.3 is 0 Å². The van der Waals surface area contributed by atoms with E-state index in [1.165, 1.54) is 30.9 Å². The van der Waals surface area contributed by atoms with Crippen molar-refractivity contribution in [3.8, 4) is 5.75 Å². The molecule has 3 rings (SSSR count). The zero-order valence-electron chi connectivity index (χ0n) is 15.7. The number of anilines is 2. The van der Waals surface area contributed by atoms with Crippen molar-refractivity contribution < 1.29 is 9.66 Å². The van der Waals surface area contributed by atoms with E-state index in [0.29, 0.717) is 23.8 Å². The van der Waals surface area contributed by atoms with Gasteiger partial charge in [-0.15, -0.1) is 0 Å². The molecule has 0 aliphatic rings. The molecule has 0 fully saturated rings. The Balaban J connectivity index is 1.69. The number of nitrogens with zero attached hydrogens (tertiary/aromatic N) is 3. The topological polar surface area (TPSA) is 94.2 Å². The van der Waals surface area contributed by atoms with E-state index in [4.69, 9.17) is 17.0 Å². The van der Waals surface area contributed by atoms with Gasteiger partial charge in [0.1, 0.15) is 5.75 Å². The molecule has 0 aliphatic heterocycles. The quantitative estimate of drug-likeness (QED) is 0.302. The van der Waals surface area contributed by atoms with Gasteiger partial charge in [0, 0.05) is 12.3 Å². The number of benzene rings is 2. The molecule has 1 aromatic heterocycles. The standard InChI is InChI=1S/C19H18BrN5O3S/c1-12-3-5-13(6-4-12)10-24-11-15(20)18(23-24)22-19(29)21-16-8-7-14(25(26)27)9-17(16)28-2/h3-9,11H,10H2,1-2H3,(H2,21,22,23,29). The first-order valence-electron chi connectivity index (χ1n) is 8.54. The molecule has 150 valence electrons. The lowest BCUT2D eigenvalue weighted by Gasteiger charge is -2.12. The van der Waals surface area contributed by atoms with Gasteiger partial charge in [0.05, 0.1) is 34.8 Å². The van der Waals surface area contributed by atoms with Gasteiger partial charge in [0.2, 0.25) is 0 Å². The van der Waals surface area contributed by atoms with Crippen LogP contribution in [0.3, 0.4) is 0 Å². The summed E-state index contributed by atoms with van der Waals surface area (Å²) in [5.41, 5.74) is 2.78. The summed E-state index contributed by atoms with van der Waals surface area (Å²) in [4.78, 5) is 10.4. The molecule has 8 nitrogen and oxygen atoms in total. The van der Waals surface area contributed by atoms with Gasteiger partial charge in [-0.1, -0.05) is 29.8 Å². The molecule has 0 atom stereocenters. The fourth-order valence-corrected chi connectivity index (χ4v) is 3.22. The number of hydrogen-bond acceptors (Lipinski definition) is 5. The van der Waals surface area contributed by atoms with Crippen LogP contribution < -0.4 is 15.4 Å². The van der Waals surface area contributed by atoms with Crippen molar-refractivity contribution in [3.63, 3.8) is 0 Å². The number of halogens is 1. The largest absolute Gasteiger partial charge is 0.494 e. The number of thiocarbonyl (C=S) groups is 1. The molecular formula is C19H18BrN5O3S. The van der Waals surface area contributed by atoms with Crippen LogP contribution in [0.1, 0.15) is 11.1 Å². The summed E-state index contributed by atoms with van der Waals surface area (Å²) in [7, 11) is 1.43. The van der Waals surface area contributed by atoms with Gasteiger partial charge in [-0.3, -0.25) is 14.8 Å². The van der Waals surface area contributed by atoms with Gasteiger partial charge in [-0.2, -0.15) is 5.10 Å². The summed E-state index contributed by atoms with van der Waals surface area (Å²) in [6.45, 7) is 2.67. The number of hydrogen-bond donors (Lipinski definition) is 2. The Kier molecular flexibility index (Phi) is 6.45.